The first-order chi connectivity index (χ1) is 4.49. The minimum absolute atomic E-state index is 0.310. The van der Waals surface area contributed by atoms with Crippen molar-refractivity contribution in [2.45, 2.75) is 18.8 Å². The van der Waals surface area contributed by atoms with Crippen LogP contribution >= 0.6 is 0 Å². The topological polar surface area (TPSA) is 43.1 Å². The molecule has 0 spiro atoms. The van der Waals surface area contributed by atoms with Gasteiger partial charge in [-0.1, -0.05) is 0 Å². The highest BCUT2D eigenvalue weighted by molar-refractivity contribution is 4.85. The third-order valence-electron chi connectivity index (χ3n) is 1.58. The molecule has 0 N–H and O–H groups in total. The van der Waals surface area contributed by atoms with Crippen LogP contribution in [0.1, 0.15) is 12.8 Å². The van der Waals surface area contributed by atoms with Crippen molar-refractivity contribution in [2.24, 2.45) is 5.92 Å². The Morgan fingerprint density at radius 2 is 2.10 bits per heavy atom. The molecule has 0 atom stereocenters. The van der Waals surface area contributed by atoms with Crippen molar-refractivity contribution < 1.29 is 13.7 Å². The van der Waals surface area contributed by atoms with E-state index in [0.717, 1.165) is 0 Å². The largest absolute Gasteiger partial charge is 0.265 e. The van der Waals surface area contributed by atoms with Crippen molar-refractivity contribution in [1.29, 1.82) is 0 Å². The molecule has 1 aliphatic carbocycles. The Balaban J connectivity index is 2.21. The predicted octanol–water partition coefficient (Wildman–Crippen LogP) is 1.31. The Morgan fingerprint density at radius 3 is 2.40 bits per heavy atom. The van der Waals surface area contributed by atoms with E-state index in [9.17, 15) is 18.9 Å². The van der Waals surface area contributed by atoms with E-state index >= 15 is 0 Å². The average Bonchev–Trinajstić information content (AvgIpc) is 1.57. The van der Waals surface area contributed by atoms with Crippen molar-refractivity contribution >= 4 is 0 Å². The first-order valence-electron chi connectivity index (χ1n) is 2.99. The zero-order valence-electron chi connectivity index (χ0n) is 5.22. The van der Waals surface area contributed by atoms with E-state index < -0.39 is 16.8 Å². The van der Waals surface area contributed by atoms with Gasteiger partial charge in [0.25, 0.3) is 0 Å². The van der Waals surface area contributed by atoms with Crippen LogP contribution < -0.4 is 0 Å². The molecule has 58 valence electrons. The monoisotopic (exact) mass is 151 g/mol. The normalized spacial score (nSPS) is 23.8. The van der Waals surface area contributed by atoms with Crippen LogP contribution in [0.3, 0.4) is 0 Å². The number of hydrogen-bond donors (Lipinski definition) is 0. The fourth-order valence-corrected chi connectivity index (χ4v) is 1.12. The molecule has 5 heteroatoms. The second-order valence-corrected chi connectivity index (χ2v) is 2.65. The number of alkyl halides is 2. The molecule has 0 aromatic rings. The first kappa shape index (κ1) is 7.37. The zero-order valence-corrected chi connectivity index (χ0v) is 5.22. The third kappa shape index (κ3) is 1.62. The summed E-state index contributed by atoms with van der Waals surface area (Å²) in [6, 6.07) is 0. The second-order valence-electron chi connectivity index (χ2n) is 2.65. The quantitative estimate of drug-likeness (QED) is 0.441. The maximum Gasteiger partial charge on any atom is 0.249 e. The summed E-state index contributed by atoms with van der Waals surface area (Å²) < 4.78 is 24.0. The molecule has 0 radical (unpaired) electrons. The van der Waals surface area contributed by atoms with Gasteiger partial charge in [-0.15, -0.1) is 0 Å². The summed E-state index contributed by atoms with van der Waals surface area (Å²) in [5, 5.41) is 9.77. The van der Waals surface area contributed by atoms with E-state index in [4.69, 9.17) is 0 Å². The smallest absolute Gasteiger partial charge is 0.249 e. The Bertz CT molecular complexity index is 152. The summed E-state index contributed by atoms with van der Waals surface area (Å²) in [7, 11) is 0. The summed E-state index contributed by atoms with van der Waals surface area (Å²) in [5.41, 5.74) is 0. The van der Waals surface area contributed by atoms with Gasteiger partial charge in [-0.3, -0.25) is 10.1 Å². The van der Waals surface area contributed by atoms with Crippen molar-refractivity contribution in [3.05, 3.63) is 10.1 Å². The Hall–Kier alpha value is -0.740. The summed E-state index contributed by atoms with van der Waals surface area (Å²) in [5.74, 6) is -3.02. The fourth-order valence-electron chi connectivity index (χ4n) is 1.12. The molecule has 0 aliphatic heterocycles. The van der Waals surface area contributed by atoms with E-state index in [-0.39, 0.29) is 19.4 Å². The van der Waals surface area contributed by atoms with E-state index in [2.05, 4.69) is 0 Å². The van der Waals surface area contributed by atoms with Crippen LogP contribution in [-0.4, -0.2) is 17.4 Å². The molecule has 10 heavy (non-hydrogen) atoms. The summed E-state index contributed by atoms with van der Waals surface area (Å²) >= 11 is 0. The molecular formula is C5H7F2NO2. The first-order valence-corrected chi connectivity index (χ1v) is 2.99. The van der Waals surface area contributed by atoms with E-state index in [1.165, 1.54) is 0 Å². The fraction of sp³-hybridized carbons (Fsp3) is 1.00. The van der Waals surface area contributed by atoms with Gasteiger partial charge in [-0.05, 0) is 0 Å². The number of nitrogens with zero attached hydrogens (tertiary/aromatic N) is 1. The number of nitro groups is 1. The van der Waals surface area contributed by atoms with Crippen molar-refractivity contribution in [1.82, 2.24) is 0 Å². The van der Waals surface area contributed by atoms with E-state index in [1.807, 2.05) is 0 Å². The molecule has 0 heterocycles. The highest BCUT2D eigenvalue weighted by Gasteiger charge is 2.47. The second kappa shape index (κ2) is 2.14. The van der Waals surface area contributed by atoms with Crippen LogP contribution in [0, 0.1) is 16.0 Å². The summed E-state index contributed by atoms with van der Waals surface area (Å²) in [4.78, 5) is 9.23. The lowest BCUT2D eigenvalue weighted by atomic mass is 9.81. The third-order valence-corrected chi connectivity index (χ3v) is 1.58. The van der Waals surface area contributed by atoms with Gasteiger partial charge in [0.2, 0.25) is 12.5 Å². The van der Waals surface area contributed by atoms with Crippen molar-refractivity contribution in [3.63, 3.8) is 0 Å². The van der Waals surface area contributed by atoms with Gasteiger partial charge in [-0.2, -0.15) is 0 Å². The van der Waals surface area contributed by atoms with Gasteiger partial charge < -0.3 is 0 Å². The summed E-state index contributed by atoms with van der Waals surface area (Å²) in [6.07, 6.45) is -0.623. The predicted molar refractivity (Wildman–Crippen MR) is 29.5 cm³/mol. The van der Waals surface area contributed by atoms with Crippen LogP contribution in [0.5, 0.6) is 0 Å². The molecule has 1 aliphatic rings. The standard InChI is InChI=1S/C5H7F2NO2/c6-5(7)1-4(2-5)3-8(9)10/h4H,1-3H2. The SMILES string of the molecule is O=[N+]([O-])CC1CC(F)(F)C1. The molecule has 0 aromatic heterocycles. The van der Waals surface area contributed by atoms with Gasteiger partial charge in [0.15, 0.2) is 0 Å². The van der Waals surface area contributed by atoms with Gasteiger partial charge in [0, 0.05) is 23.7 Å². The highest BCUT2D eigenvalue weighted by atomic mass is 19.3. The Labute approximate surface area is 56.2 Å². The summed E-state index contributed by atoms with van der Waals surface area (Å²) in [6.45, 7) is -0.310. The van der Waals surface area contributed by atoms with Crippen LogP contribution in [0.4, 0.5) is 8.78 Å². The van der Waals surface area contributed by atoms with Crippen LogP contribution in [0.15, 0.2) is 0 Å². The van der Waals surface area contributed by atoms with Crippen LogP contribution in [-0.2, 0) is 0 Å². The molecule has 0 unspecified atom stereocenters. The lowest BCUT2D eigenvalue weighted by molar-refractivity contribution is -0.494. The van der Waals surface area contributed by atoms with Crippen molar-refractivity contribution in [2.75, 3.05) is 6.54 Å². The molecule has 3 nitrogen and oxygen atoms in total. The van der Waals surface area contributed by atoms with Gasteiger partial charge in [0.05, 0.1) is 0 Å². The minimum Gasteiger partial charge on any atom is -0.265 e. The molecule has 0 aromatic carbocycles. The minimum atomic E-state index is -2.62. The van der Waals surface area contributed by atoms with E-state index in [1.54, 1.807) is 0 Å². The number of hydrogen-bond acceptors (Lipinski definition) is 2. The zero-order chi connectivity index (χ0) is 7.78. The molecule has 1 rings (SSSR count). The van der Waals surface area contributed by atoms with Gasteiger partial charge in [-0.25, -0.2) is 8.78 Å². The van der Waals surface area contributed by atoms with Gasteiger partial charge in [0.1, 0.15) is 0 Å². The average molecular weight is 151 g/mol. The lowest BCUT2D eigenvalue weighted by Gasteiger charge is -2.31. The van der Waals surface area contributed by atoms with Crippen LogP contribution in [0.25, 0.3) is 0 Å². The molecule has 0 amide bonds. The maximum atomic E-state index is 12.0. The van der Waals surface area contributed by atoms with E-state index in [0.29, 0.717) is 0 Å². The number of rotatable bonds is 2. The molecule has 1 saturated carbocycles. The number of halogens is 2. The Morgan fingerprint density at radius 1 is 1.60 bits per heavy atom. The molecular weight excluding hydrogens is 144 g/mol. The van der Waals surface area contributed by atoms with Crippen molar-refractivity contribution in [3.8, 4) is 0 Å². The molecule has 0 saturated heterocycles. The van der Waals surface area contributed by atoms with Gasteiger partial charge >= 0.3 is 0 Å². The Kier molecular flexibility index (Phi) is 1.58. The molecule has 0 bridgehead atoms. The lowest BCUT2D eigenvalue weighted by Crippen LogP contribution is -2.38. The highest BCUT2D eigenvalue weighted by Crippen LogP contribution is 2.42. The maximum absolute atomic E-state index is 12.0. The molecule has 1 fully saturated rings. The van der Waals surface area contributed by atoms with Crippen LogP contribution in [0.2, 0.25) is 0 Å².